The van der Waals surface area contributed by atoms with Gasteiger partial charge in [0.25, 0.3) is 0 Å². The summed E-state index contributed by atoms with van der Waals surface area (Å²) < 4.78 is 7.15. The minimum absolute atomic E-state index is 0.0872. The third-order valence-electron chi connectivity index (χ3n) is 3.76. The topological polar surface area (TPSA) is 69.9 Å². The van der Waals surface area contributed by atoms with E-state index < -0.39 is 5.97 Å². The zero-order valence-corrected chi connectivity index (χ0v) is 15.3. The molecule has 0 saturated heterocycles. The monoisotopic (exact) mass is 384 g/mol. The van der Waals surface area contributed by atoms with Crippen LogP contribution in [0.2, 0.25) is 5.15 Å². The molecule has 0 fully saturated rings. The van der Waals surface area contributed by atoms with E-state index in [9.17, 15) is 4.79 Å². The van der Waals surface area contributed by atoms with Gasteiger partial charge in [0.15, 0.2) is 0 Å². The molecule has 3 heterocycles. The summed E-state index contributed by atoms with van der Waals surface area (Å²) in [5.74, 6) is -0.457. The van der Waals surface area contributed by atoms with E-state index in [0.717, 1.165) is 10.6 Å². The van der Waals surface area contributed by atoms with Crippen molar-refractivity contribution < 1.29 is 9.53 Å². The van der Waals surface area contributed by atoms with Crippen LogP contribution in [-0.2, 0) is 18.4 Å². The zero-order valence-electron chi connectivity index (χ0n) is 13.7. The van der Waals surface area contributed by atoms with Crippen LogP contribution in [0, 0.1) is 0 Å². The van der Waals surface area contributed by atoms with Gasteiger partial charge in [-0.05, 0) is 12.1 Å². The van der Waals surface area contributed by atoms with E-state index in [1.165, 1.54) is 17.4 Å². The molecule has 0 radical (unpaired) electrons. The normalized spacial score (nSPS) is 11.0. The summed E-state index contributed by atoms with van der Waals surface area (Å²) in [5.41, 5.74) is 2.66. The molecule has 0 aliphatic rings. The number of carbonyl (C=O) groups is 1. The molecule has 130 valence electrons. The fraction of sp³-hybridized carbons (Fsp3) is 0.111. The highest BCUT2D eigenvalue weighted by atomic mass is 35.5. The molecule has 0 spiro atoms. The first-order valence-corrected chi connectivity index (χ1v) is 9.02. The van der Waals surface area contributed by atoms with E-state index in [-0.39, 0.29) is 11.8 Å². The Hall–Kier alpha value is -2.77. The average Bonchev–Trinajstić information content (AvgIpc) is 3.27. The van der Waals surface area contributed by atoms with Crippen LogP contribution in [0.5, 0.6) is 0 Å². The van der Waals surface area contributed by atoms with Gasteiger partial charge in [0.05, 0.1) is 23.0 Å². The van der Waals surface area contributed by atoms with Crippen LogP contribution in [0.4, 0.5) is 0 Å². The first-order chi connectivity index (χ1) is 12.6. The Labute approximate surface area is 158 Å². The number of thiazole rings is 1. The maximum atomic E-state index is 12.5. The number of halogens is 1. The van der Waals surface area contributed by atoms with Gasteiger partial charge in [-0.3, -0.25) is 4.68 Å². The Morgan fingerprint density at radius 2 is 2.15 bits per heavy atom. The summed E-state index contributed by atoms with van der Waals surface area (Å²) in [5, 5.41) is 7.79. The average molecular weight is 385 g/mol. The molecule has 26 heavy (non-hydrogen) atoms. The van der Waals surface area contributed by atoms with Gasteiger partial charge in [0.1, 0.15) is 16.8 Å². The lowest BCUT2D eigenvalue weighted by Crippen LogP contribution is -2.07. The van der Waals surface area contributed by atoms with Crippen molar-refractivity contribution in [2.24, 2.45) is 7.05 Å². The summed E-state index contributed by atoms with van der Waals surface area (Å²) >= 11 is 7.50. The Bertz CT molecular complexity index is 1110. The number of hydrogen-bond donors (Lipinski definition) is 0. The van der Waals surface area contributed by atoms with Crippen molar-refractivity contribution in [2.45, 2.75) is 6.61 Å². The number of nitrogens with zero attached hydrogens (tertiary/aromatic N) is 4. The van der Waals surface area contributed by atoms with Crippen molar-refractivity contribution in [2.75, 3.05) is 0 Å². The quantitative estimate of drug-likeness (QED) is 0.391. The maximum absolute atomic E-state index is 12.5. The van der Waals surface area contributed by atoms with Crippen LogP contribution in [0.1, 0.15) is 16.1 Å². The molecule has 0 saturated carbocycles. The van der Waals surface area contributed by atoms with Gasteiger partial charge in [-0.1, -0.05) is 29.8 Å². The Morgan fingerprint density at radius 3 is 2.96 bits per heavy atom. The molecule has 0 aliphatic carbocycles. The van der Waals surface area contributed by atoms with E-state index >= 15 is 0 Å². The number of rotatable bonds is 4. The SMILES string of the molecule is Cn1cc(-c2nc(COC(=O)c3cc(Cl)nc4ccccc34)cs2)cn1. The second-order valence-corrected chi connectivity index (χ2v) is 6.88. The molecule has 4 rings (SSSR count). The lowest BCUT2D eigenvalue weighted by Gasteiger charge is -2.07. The largest absolute Gasteiger partial charge is 0.456 e. The number of ether oxygens (including phenoxy) is 1. The number of aromatic nitrogens is 4. The van der Waals surface area contributed by atoms with Crippen molar-refractivity contribution in [3.05, 3.63) is 64.5 Å². The van der Waals surface area contributed by atoms with Gasteiger partial charge < -0.3 is 4.74 Å². The molecule has 8 heteroatoms. The van der Waals surface area contributed by atoms with Crippen LogP contribution >= 0.6 is 22.9 Å². The van der Waals surface area contributed by atoms with E-state index in [2.05, 4.69) is 15.1 Å². The van der Waals surface area contributed by atoms with Crippen LogP contribution in [0.15, 0.2) is 48.1 Å². The van der Waals surface area contributed by atoms with Crippen molar-refractivity contribution in [1.82, 2.24) is 19.7 Å². The molecule has 3 aromatic heterocycles. The van der Waals surface area contributed by atoms with Crippen LogP contribution in [0.25, 0.3) is 21.5 Å². The minimum Gasteiger partial charge on any atom is -0.456 e. The van der Waals surface area contributed by atoms with Crippen LogP contribution < -0.4 is 0 Å². The number of pyridine rings is 1. The summed E-state index contributed by atoms with van der Waals surface area (Å²) in [6.07, 6.45) is 3.64. The molecule has 4 aromatic rings. The first-order valence-electron chi connectivity index (χ1n) is 7.76. The Morgan fingerprint density at radius 1 is 1.31 bits per heavy atom. The Balaban J connectivity index is 1.52. The van der Waals surface area contributed by atoms with E-state index in [0.29, 0.717) is 22.2 Å². The molecule has 0 aliphatic heterocycles. The smallest absolute Gasteiger partial charge is 0.339 e. The number of benzene rings is 1. The minimum atomic E-state index is -0.457. The highest BCUT2D eigenvalue weighted by molar-refractivity contribution is 7.13. The lowest BCUT2D eigenvalue weighted by atomic mass is 10.1. The van der Waals surface area contributed by atoms with Crippen LogP contribution in [0.3, 0.4) is 0 Å². The second-order valence-electron chi connectivity index (χ2n) is 5.63. The summed E-state index contributed by atoms with van der Waals surface area (Å²) in [6.45, 7) is 0.0872. The molecular weight excluding hydrogens is 372 g/mol. The molecule has 0 N–H and O–H groups in total. The number of aryl methyl sites for hydroxylation is 1. The van der Waals surface area contributed by atoms with Crippen molar-refractivity contribution in [1.29, 1.82) is 0 Å². The molecule has 0 bridgehead atoms. The lowest BCUT2D eigenvalue weighted by molar-refractivity contribution is 0.0471. The number of fused-ring (bicyclic) bond motifs is 1. The summed E-state index contributed by atoms with van der Waals surface area (Å²) in [6, 6.07) is 8.83. The predicted molar refractivity (Wildman–Crippen MR) is 100 cm³/mol. The maximum Gasteiger partial charge on any atom is 0.339 e. The van der Waals surface area contributed by atoms with Gasteiger partial charge >= 0.3 is 5.97 Å². The van der Waals surface area contributed by atoms with Crippen LogP contribution in [-0.4, -0.2) is 25.7 Å². The number of carbonyl (C=O) groups excluding carboxylic acids is 1. The van der Waals surface area contributed by atoms with Gasteiger partial charge in [-0.2, -0.15) is 5.10 Å². The van der Waals surface area contributed by atoms with Crippen molar-refractivity contribution >= 4 is 39.8 Å². The Kier molecular flexibility index (Phi) is 4.40. The summed E-state index contributed by atoms with van der Waals surface area (Å²) in [7, 11) is 1.85. The first kappa shape index (κ1) is 16.7. The standard InChI is InChI=1S/C18H13ClN4O2S/c1-23-8-11(7-20-23)17-21-12(10-26-17)9-25-18(24)14-6-16(19)22-15-5-3-2-4-13(14)15/h2-8,10H,9H2,1H3. The third kappa shape index (κ3) is 3.31. The molecule has 0 unspecified atom stereocenters. The predicted octanol–water partition coefficient (Wildman–Crippen LogP) is 4.10. The van der Waals surface area contributed by atoms with Gasteiger partial charge in [0.2, 0.25) is 0 Å². The third-order valence-corrected chi connectivity index (χ3v) is 4.89. The zero-order chi connectivity index (χ0) is 18.1. The number of para-hydroxylation sites is 1. The second kappa shape index (κ2) is 6.86. The molecular formula is C18H13ClN4O2S. The van der Waals surface area contributed by atoms with Crippen molar-refractivity contribution in [3.8, 4) is 10.6 Å². The van der Waals surface area contributed by atoms with E-state index in [1.807, 2.05) is 36.8 Å². The van der Waals surface area contributed by atoms with E-state index in [1.54, 1.807) is 16.9 Å². The van der Waals surface area contributed by atoms with E-state index in [4.69, 9.17) is 16.3 Å². The highest BCUT2D eigenvalue weighted by Gasteiger charge is 2.15. The fourth-order valence-corrected chi connectivity index (χ4v) is 3.55. The molecule has 6 nitrogen and oxygen atoms in total. The fourth-order valence-electron chi connectivity index (χ4n) is 2.57. The van der Waals surface area contributed by atoms with Gasteiger partial charge in [0, 0.05) is 29.6 Å². The number of esters is 1. The van der Waals surface area contributed by atoms with Gasteiger partial charge in [-0.25, -0.2) is 14.8 Å². The highest BCUT2D eigenvalue weighted by Crippen LogP contribution is 2.24. The number of hydrogen-bond acceptors (Lipinski definition) is 6. The summed E-state index contributed by atoms with van der Waals surface area (Å²) in [4.78, 5) is 21.2. The molecule has 0 amide bonds. The van der Waals surface area contributed by atoms with Gasteiger partial charge in [-0.15, -0.1) is 11.3 Å². The van der Waals surface area contributed by atoms with Crippen molar-refractivity contribution in [3.63, 3.8) is 0 Å². The molecule has 0 atom stereocenters. The molecule has 1 aromatic carbocycles.